The minimum absolute atomic E-state index is 0.209. The lowest BCUT2D eigenvalue weighted by Crippen LogP contribution is -2.19. The first kappa shape index (κ1) is 14.0. The van der Waals surface area contributed by atoms with Gasteiger partial charge < -0.3 is 5.32 Å². The number of benzene rings is 2. The molecule has 0 aliphatic carbocycles. The van der Waals surface area contributed by atoms with Crippen LogP contribution in [-0.2, 0) is 6.54 Å². The Morgan fingerprint density at radius 1 is 1.11 bits per heavy atom. The van der Waals surface area contributed by atoms with Gasteiger partial charge in [0, 0.05) is 28.7 Å². The Balaban J connectivity index is 2.06. The van der Waals surface area contributed by atoms with Crippen LogP contribution >= 0.6 is 11.6 Å². The highest BCUT2D eigenvalue weighted by Gasteiger charge is 2.10. The van der Waals surface area contributed by atoms with Crippen LogP contribution in [0.5, 0.6) is 0 Å². The average Bonchev–Trinajstić information content (AvgIpc) is 2.40. The van der Waals surface area contributed by atoms with Crippen molar-refractivity contribution in [2.45, 2.75) is 19.5 Å². The minimum atomic E-state index is -0.322. The van der Waals surface area contributed by atoms with Crippen molar-refractivity contribution < 1.29 is 8.78 Å². The van der Waals surface area contributed by atoms with Crippen LogP contribution in [0.2, 0.25) is 5.02 Å². The lowest BCUT2D eigenvalue weighted by atomic mass is 10.1. The molecular formula is C15H14ClF2N. The fourth-order valence-corrected chi connectivity index (χ4v) is 2.07. The van der Waals surface area contributed by atoms with Crippen LogP contribution in [0.25, 0.3) is 0 Å². The van der Waals surface area contributed by atoms with E-state index < -0.39 is 0 Å². The van der Waals surface area contributed by atoms with Gasteiger partial charge in [-0.1, -0.05) is 29.8 Å². The third-order valence-electron chi connectivity index (χ3n) is 2.98. The van der Waals surface area contributed by atoms with Crippen molar-refractivity contribution in [1.82, 2.24) is 5.32 Å². The Labute approximate surface area is 116 Å². The molecule has 4 heteroatoms. The number of hydrogen-bond acceptors (Lipinski definition) is 1. The summed E-state index contributed by atoms with van der Waals surface area (Å²) in [6.07, 6.45) is 0. The normalized spacial score (nSPS) is 12.4. The fraction of sp³-hybridized carbons (Fsp3) is 0.200. The lowest BCUT2D eigenvalue weighted by Gasteiger charge is -2.15. The number of nitrogens with one attached hydrogen (secondary N) is 1. The van der Waals surface area contributed by atoms with E-state index >= 15 is 0 Å². The van der Waals surface area contributed by atoms with Gasteiger partial charge in [0.05, 0.1) is 0 Å². The molecular weight excluding hydrogens is 268 g/mol. The molecule has 0 bridgehead atoms. The van der Waals surface area contributed by atoms with Crippen molar-refractivity contribution in [2.75, 3.05) is 0 Å². The van der Waals surface area contributed by atoms with Gasteiger partial charge in [-0.15, -0.1) is 0 Å². The van der Waals surface area contributed by atoms with Crippen LogP contribution in [0.3, 0.4) is 0 Å². The molecule has 0 spiro atoms. The molecule has 0 heterocycles. The summed E-state index contributed by atoms with van der Waals surface area (Å²) < 4.78 is 27.1. The Kier molecular flexibility index (Phi) is 4.51. The van der Waals surface area contributed by atoms with Crippen LogP contribution in [0.4, 0.5) is 8.78 Å². The Morgan fingerprint density at radius 2 is 1.84 bits per heavy atom. The maximum absolute atomic E-state index is 13.6. The van der Waals surface area contributed by atoms with Crippen molar-refractivity contribution in [3.05, 3.63) is 70.2 Å². The molecule has 1 N–H and O–H groups in total. The second-order valence-electron chi connectivity index (χ2n) is 4.36. The Hall–Kier alpha value is -1.45. The van der Waals surface area contributed by atoms with E-state index in [-0.39, 0.29) is 17.7 Å². The quantitative estimate of drug-likeness (QED) is 0.872. The van der Waals surface area contributed by atoms with Gasteiger partial charge in [-0.2, -0.15) is 0 Å². The van der Waals surface area contributed by atoms with Gasteiger partial charge in [-0.3, -0.25) is 0 Å². The third kappa shape index (κ3) is 3.52. The Morgan fingerprint density at radius 3 is 2.58 bits per heavy atom. The highest BCUT2D eigenvalue weighted by atomic mass is 35.5. The molecule has 100 valence electrons. The predicted octanol–water partition coefficient (Wildman–Crippen LogP) is 4.47. The van der Waals surface area contributed by atoms with E-state index in [1.54, 1.807) is 24.3 Å². The summed E-state index contributed by atoms with van der Waals surface area (Å²) in [5, 5.41) is 3.57. The van der Waals surface area contributed by atoms with Gasteiger partial charge in [0.1, 0.15) is 11.6 Å². The topological polar surface area (TPSA) is 12.0 Å². The first-order valence-corrected chi connectivity index (χ1v) is 6.37. The van der Waals surface area contributed by atoms with E-state index in [2.05, 4.69) is 5.32 Å². The van der Waals surface area contributed by atoms with E-state index in [0.717, 1.165) is 0 Å². The molecule has 0 fully saturated rings. The SMILES string of the molecule is CC(NCc1cc(Cl)ccc1F)c1ccccc1F. The van der Waals surface area contributed by atoms with Crippen LogP contribution < -0.4 is 5.32 Å². The first-order valence-electron chi connectivity index (χ1n) is 5.99. The molecule has 0 amide bonds. The standard InChI is InChI=1S/C15H14ClF2N/c1-10(13-4-2-3-5-15(13)18)19-9-11-8-12(16)6-7-14(11)17/h2-8,10,19H,9H2,1H3. The zero-order valence-corrected chi connectivity index (χ0v) is 11.2. The molecule has 0 saturated heterocycles. The molecule has 2 aromatic rings. The first-order chi connectivity index (χ1) is 9.08. The summed E-state index contributed by atoms with van der Waals surface area (Å²) in [5.41, 5.74) is 1.03. The number of halogens is 3. The minimum Gasteiger partial charge on any atom is -0.306 e. The zero-order chi connectivity index (χ0) is 13.8. The Bertz CT molecular complexity index is 572. The van der Waals surface area contributed by atoms with Crippen molar-refractivity contribution in [3.63, 3.8) is 0 Å². The van der Waals surface area contributed by atoms with E-state index in [4.69, 9.17) is 11.6 Å². The van der Waals surface area contributed by atoms with Gasteiger partial charge in [-0.05, 0) is 31.2 Å². The van der Waals surface area contributed by atoms with Crippen molar-refractivity contribution in [3.8, 4) is 0 Å². The van der Waals surface area contributed by atoms with Gasteiger partial charge in [0.25, 0.3) is 0 Å². The molecule has 2 aromatic carbocycles. The molecule has 1 unspecified atom stereocenters. The van der Waals surface area contributed by atoms with Crippen LogP contribution in [0.1, 0.15) is 24.1 Å². The van der Waals surface area contributed by atoms with E-state index in [0.29, 0.717) is 22.7 Å². The zero-order valence-electron chi connectivity index (χ0n) is 10.5. The highest BCUT2D eigenvalue weighted by molar-refractivity contribution is 6.30. The summed E-state index contributed by atoms with van der Waals surface area (Å²) in [4.78, 5) is 0. The maximum atomic E-state index is 13.6. The van der Waals surface area contributed by atoms with Crippen LogP contribution in [-0.4, -0.2) is 0 Å². The summed E-state index contributed by atoms with van der Waals surface area (Å²) >= 11 is 5.82. The highest BCUT2D eigenvalue weighted by Crippen LogP contribution is 2.19. The van der Waals surface area contributed by atoms with E-state index in [1.165, 1.54) is 18.2 Å². The smallest absolute Gasteiger partial charge is 0.127 e. The molecule has 19 heavy (non-hydrogen) atoms. The van der Waals surface area contributed by atoms with Crippen molar-refractivity contribution in [1.29, 1.82) is 0 Å². The molecule has 0 aliphatic rings. The van der Waals surface area contributed by atoms with Gasteiger partial charge in [-0.25, -0.2) is 8.78 Å². The summed E-state index contributed by atoms with van der Waals surface area (Å²) in [5.74, 6) is -0.591. The average molecular weight is 282 g/mol. The monoisotopic (exact) mass is 281 g/mol. The summed E-state index contributed by atoms with van der Waals surface area (Å²) in [6.45, 7) is 2.13. The van der Waals surface area contributed by atoms with Crippen LogP contribution in [0, 0.1) is 11.6 Å². The van der Waals surface area contributed by atoms with Crippen molar-refractivity contribution in [2.24, 2.45) is 0 Å². The largest absolute Gasteiger partial charge is 0.306 e. The lowest BCUT2D eigenvalue weighted by molar-refractivity contribution is 0.515. The second kappa shape index (κ2) is 6.13. The molecule has 0 aliphatic heterocycles. The van der Waals surface area contributed by atoms with Gasteiger partial charge >= 0.3 is 0 Å². The molecule has 0 radical (unpaired) electrons. The van der Waals surface area contributed by atoms with Gasteiger partial charge in [0.2, 0.25) is 0 Å². The third-order valence-corrected chi connectivity index (χ3v) is 3.21. The van der Waals surface area contributed by atoms with Gasteiger partial charge in [0.15, 0.2) is 0 Å². The van der Waals surface area contributed by atoms with Crippen LogP contribution in [0.15, 0.2) is 42.5 Å². The summed E-state index contributed by atoms with van der Waals surface area (Å²) in [7, 11) is 0. The summed E-state index contributed by atoms with van der Waals surface area (Å²) in [6, 6.07) is 10.7. The molecule has 1 atom stereocenters. The second-order valence-corrected chi connectivity index (χ2v) is 4.80. The van der Waals surface area contributed by atoms with E-state index in [9.17, 15) is 8.78 Å². The number of hydrogen-bond donors (Lipinski definition) is 1. The molecule has 0 saturated carbocycles. The molecule has 0 aromatic heterocycles. The van der Waals surface area contributed by atoms with E-state index in [1.807, 2.05) is 6.92 Å². The molecule has 1 nitrogen and oxygen atoms in total. The maximum Gasteiger partial charge on any atom is 0.127 e. The molecule has 2 rings (SSSR count). The predicted molar refractivity (Wildman–Crippen MR) is 73.1 cm³/mol. The van der Waals surface area contributed by atoms with Crippen molar-refractivity contribution >= 4 is 11.6 Å². The number of rotatable bonds is 4. The fourth-order valence-electron chi connectivity index (χ4n) is 1.88.